The van der Waals surface area contributed by atoms with Crippen LogP contribution in [0.1, 0.15) is 10.4 Å². The van der Waals surface area contributed by atoms with Gasteiger partial charge in [0.25, 0.3) is 0 Å². The van der Waals surface area contributed by atoms with Gasteiger partial charge >= 0.3 is 0 Å². The van der Waals surface area contributed by atoms with E-state index in [0.29, 0.717) is 19.6 Å². The van der Waals surface area contributed by atoms with Gasteiger partial charge in [-0.15, -0.1) is 11.3 Å². The van der Waals surface area contributed by atoms with E-state index in [9.17, 15) is 9.59 Å². The number of nitrogens with zero attached hydrogens (tertiary/aromatic N) is 4. The summed E-state index contributed by atoms with van der Waals surface area (Å²) in [5, 5.41) is 2.30. The van der Waals surface area contributed by atoms with Crippen molar-refractivity contribution in [2.45, 2.75) is 19.1 Å². The molecule has 166 valence electrons. The number of carbonyl (C=O) groups excluding carboxylic acids is 2. The summed E-state index contributed by atoms with van der Waals surface area (Å²) in [7, 11) is 0. The first-order valence-electron chi connectivity index (χ1n) is 11.3. The highest BCUT2D eigenvalue weighted by Crippen LogP contribution is 2.28. The van der Waals surface area contributed by atoms with E-state index in [0.717, 1.165) is 28.9 Å². The molecule has 2 fully saturated rings. The summed E-state index contributed by atoms with van der Waals surface area (Å²) in [6.07, 6.45) is 1.80. The van der Waals surface area contributed by atoms with Crippen LogP contribution < -0.4 is 0 Å². The van der Waals surface area contributed by atoms with Crippen molar-refractivity contribution in [3.8, 4) is 0 Å². The molecule has 2 aromatic heterocycles. The Labute approximate surface area is 196 Å². The Morgan fingerprint density at radius 3 is 2.73 bits per heavy atom. The van der Waals surface area contributed by atoms with E-state index in [1.165, 1.54) is 15.6 Å². The van der Waals surface area contributed by atoms with Crippen LogP contribution in [-0.4, -0.2) is 63.7 Å². The predicted molar refractivity (Wildman–Crippen MR) is 130 cm³/mol. The van der Waals surface area contributed by atoms with Gasteiger partial charge < -0.3 is 9.80 Å². The Morgan fingerprint density at radius 2 is 1.82 bits per heavy atom. The van der Waals surface area contributed by atoms with Crippen molar-refractivity contribution >= 4 is 44.1 Å². The molecule has 2 saturated heterocycles. The average Bonchev–Trinajstić information content (AvgIpc) is 3.25. The van der Waals surface area contributed by atoms with Crippen LogP contribution >= 0.6 is 11.3 Å². The summed E-state index contributed by atoms with van der Waals surface area (Å²) >= 11 is 1.69. The molecule has 2 aliphatic rings. The van der Waals surface area contributed by atoms with E-state index in [1.54, 1.807) is 27.3 Å². The minimum atomic E-state index is -0.406. The van der Waals surface area contributed by atoms with Gasteiger partial charge in [-0.25, -0.2) is 0 Å². The second kappa shape index (κ2) is 8.24. The van der Waals surface area contributed by atoms with Crippen molar-refractivity contribution in [3.63, 3.8) is 0 Å². The normalized spacial score (nSPS) is 19.5. The highest BCUT2D eigenvalue weighted by atomic mass is 32.1. The fourth-order valence-electron chi connectivity index (χ4n) is 4.95. The highest BCUT2D eigenvalue weighted by molar-refractivity contribution is 7.19. The van der Waals surface area contributed by atoms with Gasteiger partial charge in [-0.2, -0.15) is 0 Å². The van der Waals surface area contributed by atoms with Crippen LogP contribution in [0.3, 0.4) is 0 Å². The van der Waals surface area contributed by atoms with Crippen LogP contribution in [0.15, 0.2) is 66.9 Å². The van der Waals surface area contributed by atoms with E-state index >= 15 is 0 Å². The molecular weight excluding hydrogens is 432 g/mol. The molecule has 0 N–H and O–H groups in total. The Bertz CT molecular complexity index is 1330. The number of amides is 2. The van der Waals surface area contributed by atoms with E-state index in [1.807, 2.05) is 24.3 Å². The zero-order chi connectivity index (χ0) is 22.4. The maximum atomic E-state index is 13.4. The van der Waals surface area contributed by atoms with Gasteiger partial charge in [-0.3, -0.25) is 19.5 Å². The van der Waals surface area contributed by atoms with Crippen molar-refractivity contribution in [2.75, 3.05) is 26.2 Å². The number of hydrogen-bond acceptors (Lipinski definition) is 5. The second-order valence-corrected chi connectivity index (χ2v) is 9.98. The minimum Gasteiger partial charge on any atom is -0.327 e. The zero-order valence-corrected chi connectivity index (χ0v) is 19.0. The number of fused-ring (bicyclic) bond motifs is 3. The monoisotopic (exact) mass is 456 g/mol. The first-order chi connectivity index (χ1) is 16.1. The van der Waals surface area contributed by atoms with Crippen LogP contribution in [0.5, 0.6) is 0 Å². The molecule has 33 heavy (non-hydrogen) atoms. The van der Waals surface area contributed by atoms with Gasteiger partial charge in [0, 0.05) is 47.3 Å². The van der Waals surface area contributed by atoms with Crippen LogP contribution in [-0.2, 0) is 22.7 Å². The molecule has 4 aromatic rings. The molecular formula is C26H24N4O2S. The smallest absolute Gasteiger partial charge is 0.247 e. The number of carbonyl (C=O) groups is 2. The summed E-state index contributed by atoms with van der Waals surface area (Å²) < 4.78 is 1.21. The third-order valence-corrected chi connectivity index (χ3v) is 7.71. The van der Waals surface area contributed by atoms with Crippen molar-refractivity contribution in [2.24, 2.45) is 0 Å². The number of benzene rings is 2. The molecule has 0 aliphatic carbocycles. The Morgan fingerprint density at radius 1 is 0.939 bits per heavy atom. The fourth-order valence-corrected chi connectivity index (χ4v) is 6.03. The lowest BCUT2D eigenvalue weighted by Gasteiger charge is -2.46. The van der Waals surface area contributed by atoms with Crippen LogP contribution in [0.2, 0.25) is 0 Å². The summed E-state index contributed by atoms with van der Waals surface area (Å²) in [6, 6.07) is 20.3. The molecule has 7 heteroatoms. The molecule has 2 aromatic carbocycles. The zero-order valence-electron chi connectivity index (χ0n) is 18.2. The van der Waals surface area contributed by atoms with Crippen LogP contribution in [0.25, 0.3) is 21.0 Å². The summed E-state index contributed by atoms with van der Waals surface area (Å²) in [5.74, 6) is 0.108. The molecule has 1 atom stereocenters. The van der Waals surface area contributed by atoms with Crippen molar-refractivity contribution in [1.29, 1.82) is 0 Å². The number of hydrogen-bond donors (Lipinski definition) is 0. The quantitative estimate of drug-likeness (QED) is 0.472. The largest absolute Gasteiger partial charge is 0.327 e. The van der Waals surface area contributed by atoms with E-state index in [4.69, 9.17) is 0 Å². The van der Waals surface area contributed by atoms with Gasteiger partial charge in [-0.05, 0) is 41.3 Å². The second-order valence-electron chi connectivity index (χ2n) is 8.81. The van der Waals surface area contributed by atoms with E-state index in [-0.39, 0.29) is 18.4 Å². The SMILES string of the molecule is O=C1C2CN(Cc3ccc4ncccc4c3)CCN2C(=O)CN1Cc1cc2ccccc2s1. The van der Waals surface area contributed by atoms with Gasteiger partial charge in [0.2, 0.25) is 11.8 Å². The van der Waals surface area contributed by atoms with Crippen molar-refractivity contribution in [1.82, 2.24) is 19.7 Å². The van der Waals surface area contributed by atoms with Crippen molar-refractivity contribution < 1.29 is 9.59 Å². The Balaban J connectivity index is 1.18. The predicted octanol–water partition coefficient (Wildman–Crippen LogP) is 3.50. The average molecular weight is 457 g/mol. The lowest BCUT2D eigenvalue weighted by molar-refractivity contribution is -0.160. The third kappa shape index (κ3) is 3.87. The first kappa shape index (κ1) is 20.3. The molecule has 6 nitrogen and oxygen atoms in total. The number of piperazine rings is 2. The summed E-state index contributed by atoms with van der Waals surface area (Å²) in [4.78, 5) is 37.6. The molecule has 2 aliphatic heterocycles. The molecule has 1 unspecified atom stereocenters. The maximum absolute atomic E-state index is 13.4. The maximum Gasteiger partial charge on any atom is 0.247 e. The highest BCUT2D eigenvalue weighted by Gasteiger charge is 2.42. The topological polar surface area (TPSA) is 56.8 Å². The van der Waals surface area contributed by atoms with Crippen LogP contribution in [0, 0.1) is 0 Å². The molecule has 0 radical (unpaired) electrons. The lowest BCUT2D eigenvalue weighted by atomic mass is 10.0. The molecule has 0 bridgehead atoms. The molecule has 0 saturated carbocycles. The Hall–Kier alpha value is -3.29. The minimum absolute atomic E-state index is 0.0529. The van der Waals surface area contributed by atoms with Gasteiger partial charge in [0.15, 0.2) is 0 Å². The van der Waals surface area contributed by atoms with Crippen LogP contribution in [0.4, 0.5) is 0 Å². The fraction of sp³-hybridized carbons (Fsp3) is 0.269. The van der Waals surface area contributed by atoms with E-state index < -0.39 is 6.04 Å². The first-order valence-corrected chi connectivity index (χ1v) is 12.1. The Kier molecular flexibility index (Phi) is 5.08. The van der Waals surface area contributed by atoms with Gasteiger partial charge in [0.1, 0.15) is 12.6 Å². The third-order valence-electron chi connectivity index (χ3n) is 6.60. The lowest BCUT2D eigenvalue weighted by Crippen LogP contribution is -2.66. The molecule has 4 heterocycles. The summed E-state index contributed by atoms with van der Waals surface area (Å²) in [5.41, 5.74) is 2.18. The number of thiophene rings is 1. The van der Waals surface area contributed by atoms with E-state index in [2.05, 4.69) is 46.3 Å². The molecule has 6 rings (SSSR count). The van der Waals surface area contributed by atoms with Gasteiger partial charge in [-0.1, -0.05) is 30.3 Å². The van der Waals surface area contributed by atoms with Gasteiger partial charge in [0.05, 0.1) is 12.1 Å². The number of aromatic nitrogens is 1. The standard InChI is InChI=1S/C26H24N4O2S/c31-25-17-29(15-21-13-20-4-1-2-6-24(20)33-21)26(32)23-16-28(10-11-30(23)25)14-18-7-8-22-19(12-18)5-3-9-27-22/h1-9,12-13,23H,10-11,14-17H2. The molecule has 0 spiro atoms. The molecule has 2 amide bonds. The number of pyridine rings is 1. The summed E-state index contributed by atoms with van der Waals surface area (Å²) in [6.45, 7) is 3.36. The van der Waals surface area contributed by atoms with Crippen molar-refractivity contribution in [3.05, 3.63) is 77.3 Å². The number of rotatable bonds is 4.